The van der Waals surface area contributed by atoms with E-state index in [9.17, 15) is 14.0 Å². The van der Waals surface area contributed by atoms with Gasteiger partial charge in [-0.15, -0.1) is 0 Å². The molecule has 160 valence electrons. The number of nitrogens with zero attached hydrogens (tertiary/aromatic N) is 2. The van der Waals surface area contributed by atoms with Gasteiger partial charge in [-0.3, -0.25) is 14.5 Å². The summed E-state index contributed by atoms with van der Waals surface area (Å²) in [4.78, 5) is 30.4. The molecule has 0 saturated heterocycles. The largest absolute Gasteiger partial charge is 0.362 e. The standard InChI is InChI=1S/C27H23FN2O2/c1-18-6-10-21(11-7-18)24-25(29-15-14-20-4-2-3-5-22(20)17-29)27(32)30(26(24)31)16-19-8-12-23(28)13-9-19/h2-13H,14-17H2,1H3. The average Bonchev–Trinajstić information content (AvgIpc) is 3.05. The van der Waals surface area contributed by atoms with Crippen LogP contribution in [0, 0.1) is 12.7 Å². The molecule has 0 aromatic heterocycles. The maximum Gasteiger partial charge on any atom is 0.278 e. The summed E-state index contributed by atoms with van der Waals surface area (Å²) >= 11 is 0. The Balaban J connectivity index is 1.54. The normalized spacial score (nSPS) is 16.1. The summed E-state index contributed by atoms with van der Waals surface area (Å²) in [7, 11) is 0. The summed E-state index contributed by atoms with van der Waals surface area (Å²) in [6, 6.07) is 21.8. The number of halogens is 1. The zero-order valence-corrected chi connectivity index (χ0v) is 17.8. The lowest BCUT2D eigenvalue weighted by molar-refractivity contribution is -0.138. The summed E-state index contributed by atoms with van der Waals surface area (Å²) < 4.78 is 13.3. The first-order valence-electron chi connectivity index (χ1n) is 10.7. The monoisotopic (exact) mass is 426 g/mol. The van der Waals surface area contributed by atoms with E-state index in [4.69, 9.17) is 0 Å². The van der Waals surface area contributed by atoms with E-state index in [0.717, 1.165) is 17.5 Å². The summed E-state index contributed by atoms with van der Waals surface area (Å²) in [5, 5.41) is 0. The van der Waals surface area contributed by atoms with Crippen molar-refractivity contribution in [3.63, 3.8) is 0 Å². The van der Waals surface area contributed by atoms with Crippen LogP contribution in [0.25, 0.3) is 5.57 Å². The average molecular weight is 426 g/mol. The van der Waals surface area contributed by atoms with E-state index in [0.29, 0.717) is 29.9 Å². The van der Waals surface area contributed by atoms with E-state index in [2.05, 4.69) is 12.1 Å². The Morgan fingerprint density at radius 1 is 0.844 bits per heavy atom. The molecule has 5 rings (SSSR count). The lowest BCUT2D eigenvalue weighted by Crippen LogP contribution is -2.37. The van der Waals surface area contributed by atoms with Crippen LogP contribution in [0.5, 0.6) is 0 Å². The van der Waals surface area contributed by atoms with Crippen molar-refractivity contribution in [2.75, 3.05) is 6.54 Å². The highest BCUT2D eigenvalue weighted by Crippen LogP contribution is 2.35. The Bertz CT molecular complexity index is 1230. The van der Waals surface area contributed by atoms with E-state index in [-0.39, 0.29) is 24.2 Å². The minimum absolute atomic E-state index is 0.112. The molecule has 0 unspecified atom stereocenters. The lowest BCUT2D eigenvalue weighted by Gasteiger charge is -2.31. The minimum atomic E-state index is -0.348. The first-order valence-corrected chi connectivity index (χ1v) is 10.7. The van der Waals surface area contributed by atoms with Gasteiger partial charge in [-0.25, -0.2) is 4.39 Å². The van der Waals surface area contributed by atoms with Crippen molar-refractivity contribution in [1.82, 2.24) is 9.80 Å². The molecule has 0 aliphatic carbocycles. The third kappa shape index (κ3) is 3.60. The van der Waals surface area contributed by atoms with Gasteiger partial charge in [-0.1, -0.05) is 66.2 Å². The zero-order valence-electron chi connectivity index (χ0n) is 17.8. The van der Waals surface area contributed by atoms with Crippen LogP contribution in [-0.2, 0) is 29.1 Å². The predicted molar refractivity (Wildman–Crippen MR) is 121 cm³/mol. The van der Waals surface area contributed by atoms with Gasteiger partial charge in [0.2, 0.25) is 0 Å². The fraction of sp³-hybridized carbons (Fsp3) is 0.185. The Hall–Kier alpha value is -3.73. The number of carbonyl (C=O) groups excluding carboxylic acids is 2. The van der Waals surface area contributed by atoms with Crippen LogP contribution >= 0.6 is 0 Å². The van der Waals surface area contributed by atoms with Crippen molar-refractivity contribution < 1.29 is 14.0 Å². The van der Waals surface area contributed by atoms with E-state index in [1.54, 1.807) is 12.1 Å². The Labute approximate surface area is 186 Å². The summed E-state index contributed by atoms with van der Waals surface area (Å²) in [6.45, 7) is 3.36. The number of amides is 2. The molecule has 0 N–H and O–H groups in total. The van der Waals surface area contributed by atoms with E-state index in [1.807, 2.05) is 48.2 Å². The van der Waals surface area contributed by atoms with Gasteiger partial charge in [-0.05, 0) is 47.7 Å². The molecule has 3 aromatic carbocycles. The molecule has 0 saturated carbocycles. The van der Waals surface area contributed by atoms with Gasteiger partial charge in [0.1, 0.15) is 11.5 Å². The Morgan fingerprint density at radius 3 is 2.25 bits per heavy atom. The molecular weight excluding hydrogens is 403 g/mol. The number of rotatable bonds is 4. The van der Waals surface area contributed by atoms with Crippen LogP contribution in [0.3, 0.4) is 0 Å². The van der Waals surface area contributed by atoms with Gasteiger partial charge in [0.25, 0.3) is 11.8 Å². The molecule has 0 spiro atoms. The van der Waals surface area contributed by atoms with Crippen molar-refractivity contribution in [2.24, 2.45) is 0 Å². The van der Waals surface area contributed by atoms with Crippen LogP contribution in [0.2, 0.25) is 0 Å². The fourth-order valence-electron chi connectivity index (χ4n) is 4.44. The topological polar surface area (TPSA) is 40.6 Å². The molecule has 0 fully saturated rings. The SMILES string of the molecule is Cc1ccc(C2=C(N3CCc4ccccc4C3)C(=O)N(Cc3ccc(F)cc3)C2=O)cc1. The molecule has 5 heteroatoms. The number of fused-ring (bicyclic) bond motifs is 1. The summed E-state index contributed by atoms with van der Waals surface area (Å²) in [5.41, 5.74) is 5.88. The number of benzene rings is 3. The van der Waals surface area contributed by atoms with Crippen LogP contribution in [-0.4, -0.2) is 28.2 Å². The second-order valence-corrected chi connectivity index (χ2v) is 8.35. The molecule has 0 radical (unpaired) electrons. The van der Waals surface area contributed by atoms with Crippen molar-refractivity contribution in [3.05, 3.63) is 112 Å². The predicted octanol–water partition coefficient (Wildman–Crippen LogP) is 4.47. The maximum atomic E-state index is 13.6. The number of imide groups is 1. The van der Waals surface area contributed by atoms with Crippen LogP contribution < -0.4 is 0 Å². The molecule has 0 atom stereocenters. The number of carbonyl (C=O) groups is 2. The molecule has 2 aliphatic rings. The smallest absolute Gasteiger partial charge is 0.278 e. The van der Waals surface area contributed by atoms with Gasteiger partial charge < -0.3 is 4.90 Å². The number of hydrogen-bond donors (Lipinski definition) is 0. The molecule has 0 bridgehead atoms. The van der Waals surface area contributed by atoms with Crippen LogP contribution in [0.1, 0.15) is 27.8 Å². The zero-order chi connectivity index (χ0) is 22.2. The molecule has 3 aromatic rings. The molecule has 2 amide bonds. The Kier molecular flexibility index (Phi) is 5.10. The van der Waals surface area contributed by atoms with Crippen molar-refractivity contribution in [2.45, 2.75) is 26.4 Å². The van der Waals surface area contributed by atoms with Crippen LogP contribution in [0.15, 0.2) is 78.5 Å². The first kappa shape index (κ1) is 20.2. The van der Waals surface area contributed by atoms with Crippen LogP contribution in [0.4, 0.5) is 4.39 Å². The lowest BCUT2D eigenvalue weighted by atomic mass is 9.97. The first-order chi connectivity index (χ1) is 15.5. The van der Waals surface area contributed by atoms with Gasteiger partial charge in [0, 0.05) is 13.1 Å². The van der Waals surface area contributed by atoms with Crippen molar-refractivity contribution in [1.29, 1.82) is 0 Å². The highest BCUT2D eigenvalue weighted by Gasteiger charge is 2.42. The van der Waals surface area contributed by atoms with E-state index >= 15 is 0 Å². The highest BCUT2D eigenvalue weighted by molar-refractivity contribution is 6.35. The van der Waals surface area contributed by atoms with Gasteiger partial charge in [0.15, 0.2) is 0 Å². The Morgan fingerprint density at radius 2 is 1.53 bits per heavy atom. The van der Waals surface area contributed by atoms with Gasteiger partial charge in [0.05, 0.1) is 12.1 Å². The van der Waals surface area contributed by atoms with E-state index in [1.165, 1.54) is 28.2 Å². The van der Waals surface area contributed by atoms with Crippen molar-refractivity contribution >= 4 is 17.4 Å². The third-order valence-corrected chi connectivity index (χ3v) is 6.18. The van der Waals surface area contributed by atoms with Gasteiger partial charge in [-0.2, -0.15) is 0 Å². The second kappa shape index (κ2) is 8.08. The molecule has 32 heavy (non-hydrogen) atoms. The minimum Gasteiger partial charge on any atom is -0.362 e. The fourth-order valence-corrected chi connectivity index (χ4v) is 4.44. The number of hydrogen-bond acceptors (Lipinski definition) is 3. The summed E-state index contributed by atoms with van der Waals surface area (Å²) in [6.07, 6.45) is 0.820. The molecule has 2 heterocycles. The van der Waals surface area contributed by atoms with Gasteiger partial charge >= 0.3 is 0 Å². The number of aryl methyl sites for hydroxylation is 1. The van der Waals surface area contributed by atoms with E-state index < -0.39 is 0 Å². The third-order valence-electron chi connectivity index (χ3n) is 6.18. The van der Waals surface area contributed by atoms with Crippen molar-refractivity contribution in [3.8, 4) is 0 Å². The second-order valence-electron chi connectivity index (χ2n) is 8.35. The molecular formula is C27H23FN2O2. The molecule has 2 aliphatic heterocycles. The molecule has 4 nitrogen and oxygen atoms in total. The summed E-state index contributed by atoms with van der Waals surface area (Å²) in [5.74, 6) is -0.953. The highest BCUT2D eigenvalue weighted by atomic mass is 19.1. The quantitative estimate of drug-likeness (QED) is 0.578. The maximum absolute atomic E-state index is 13.6.